The van der Waals surface area contributed by atoms with Crippen LogP contribution in [-0.2, 0) is 23.8 Å². The Labute approximate surface area is 397 Å². The van der Waals surface area contributed by atoms with Gasteiger partial charge in [-0.25, -0.2) is 0 Å². The van der Waals surface area contributed by atoms with Crippen LogP contribution in [0.1, 0.15) is 265 Å². The van der Waals surface area contributed by atoms with Gasteiger partial charge in [0.25, 0.3) is 0 Å². The predicted octanol–water partition coefficient (Wildman–Crippen LogP) is 18.7. The second kappa shape index (κ2) is 54.7. The standard InChI is InChI=1S/C59H104O5/c1-4-7-10-13-16-19-22-25-28-30-32-34-37-40-43-46-49-52-58(60)63-56-57(55-62-54-51-48-45-42-39-36-33-29-26-23-20-17-14-11-8-5-2)64-59(61)53-50-47-44-41-38-35-31-27-24-21-18-15-12-9-6-3/h8,11,17,20,26-27,29,31,36,39,45,48,57H,4-7,9-10,12-16,18-19,21-25,28,30,32-35,37-38,40-44,46-47,49-56H2,1-3H3/b11-8-,20-17-,29-26-,31-27-,39-36-,48-45-. The van der Waals surface area contributed by atoms with Gasteiger partial charge in [-0.2, -0.15) is 0 Å². The van der Waals surface area contributed by atoms with Crippen LogP contribution >= 0.6 is 0 Å². The van der Waals surface area contributed by atoms with Crippen molar-refractivity contribution in [3.05, 3.63) is 72.9 Å². The number of carbonyl (C=O) groups excluding carboxylic acids is 2. The average molecular weight is 893 g/mol. The van der Waals surface area contributed by atoms with Crippen LogP contribution in [-0.4, -0.2) is 37.9 Å². The Hall–Kier alpha value is -2.66. The molecule has 0 aliphatic carbocycles. The molecule has 0 rings (SSSR count). The molecule has 0 fully saturated rings. The van der Waals surface area contributed by atoms with Gasteiger partial charge in [0.05, 0.1) is 13.2 Å². The number of rotatable bonds is 50. The molecular formula is C59H104O5. The Kier molecular flexibility index (Phi) is 52.4. The first-order chi connectivity index (χ1) is 31.6. The summed E-state index contributed by atoms with van der Waals surface area (Å²) >= 11 is 0. The van der Waals surface area contributed by atoms with Gasteiger partial charge in [-0.15, -0.1) is 0 Å². The number of ether oxygens (including phenoxy) is 3. The monoisotopic (exact) mass is 893 g/mol. The van der Waals surface area contributed by atoms with Gasteiger partial charge in [0, 0.05) is 12.8 Å². The van der Waals surface area contributed by atoms with Crippen molar-refractivity contribution in [1.29, 1.82) is 0 Å². The molecule has 370 valence electrons. The van der Waals surface area contributed by atoms with E-state index in [2.05, 4.69) is 93.7 Å². The average Bonchev–Trinajstić information content (AvgIpc) is 3.30. The summed E-state index contributed by atoms with van der Waals surface area (Å²) in [7, 11) is 0. The number of hydrogen-bond acceptors (Lipinski definition) is 5. The molecule has 0 spiro atoms. The molecular weight excluding hydrogens is 789 g/mol. The smallest absolute Gasteiger partial charge is 0.306 e. The summed E-state index contributed by atoms with van der Waals surface area (Å²) in [5.74, 6) is -0.439. The van der Waals surface area contributed by atoms with E-state index in [0.717, 1.165) is 77.0 Å². The van der Waals surface area contributed by atoms with E-state index in [1.165, 1.54) is 154 Å². The van der Waals surface area contributed by atoms with Gasteiger partial charge in [0.1, 0.15) is 6.61 Å². The number of hydrogen-bond donors (Lipinski definition) is 0. The van der Waals surface area contributed by atoms with Crippen LogP contribution in [0.15, 0.2) is 72.9 Å². The molecule has 0 heterocycles. The van der Waals surface area contributed by atoms with Crippen molar-refractivity contribution in [1.82, 2.24) is 0 Å². The molecule has 0 aromatic carbocycles. The van der Waals surface area contributed by atoms with Crippen LogP contribution < -0.4 is 0 Å². The first-order valence-corrected chi connectivity index (χ1v) is 27.5. The van der Waals surface area contributed by atoms with E-state index in [4.69, 9.17) is 14.2 Å². The Bertz CT molecular complexity index is 1150. The highest BCUT2D eigenvalue weighted by Crippen LogP contribution is 2.15. The topological polar surface area (TPSA) is 61.8 Å². The SMILES string of the molecule is CC/C=C\C/C=C\C/C=C\C/C=C\C/C=C\CCOCC(COC(=O)CCCCCCCCCCCCCCCCCCC)OC(=O)CCCCCCC/C=C\CCCCCCCC. The van der Waals surface area contributed by atoms with Crippen LogP contribution in [0.25, 0.3) is 0 Å². The van der Waals surface area contributed by atoms with Crippen molar-refractivity contribution in [2.45, 2.75) is 271 Å². The zero-order chi connectivity index (χ0) is 46.3. The normalized spacial score (nSPS) is 12.7. The number of esters is 2. The zero-order valence-corrected chi connectivity index (χ0v) is 42.5. The molecule has 5 nitrogen and oxygen atoms in total. The van der Waals surface area contributed by atoms with Gasteiger partial charge in [-0.05, 0) is 77.0 Å². The summed E-state index contributed by atoms with van der Waals surface area (Å²) < 4.78 is 17.3. The van der Waals surface area contributed by atoms with Crippen LogP contribution in [0.4, 0.5) is 0 Å². The maximum Gasteiger partial charge on any atom is 0.306 e. The van der Waals surface area contributed by atoms with Gasteiger partial charge in [0.15, 0.2) is 6.10 Å². The van der Waals surface area contributed by atoms with Crippen LogP contribution in [0, 0.1) is 0 Å². The minimum absolute atomic E-state index is 0.0532. The molecule has 0 radical (unpaired) electrons. The van der Waals surface area contributed by atoms with Crippen molar-refractivity contribution in [3.63, 3.8) is 0 Å². The highest BCUT2D eigenvalue weighted by Gasteiger charge is 2.17. The number of carbonyl (C=O) groups is 2. The lowest BCUT2D eigenvalue weighted by atomic mass is 10.0. The predicted molar refractivity (Wildman–Crippen MR) is 279 cm³/mol. The van der Waals surface area contributed by atoms with Crippen LogP contribution in [0.5, 0.6) is 0 Å². The third kappa shape index (κ3) is 52.0. The first-order valence-electron chi connectivity index (χ1n) is 27.5. The van der Waals surface area contributed by atoms with Crippen molar-refractivity contribution in [3.8, 4) is 0 Å². The maximum atomic E-state index is 12.8. The van der Waals surface area contributed by atoms with Gasteiger partial charge in [-0.3, -0.25) is 9.59 Å². The van der Waals surface area contributed by atoms with Crippen molar-refractivity contribution >= 4 is 11.9 Å². The summed E-state index contributed by atoms with van der Waals surface area (Å²) in [6.07, 6.45) is 70.8. The summed E-state index contributed by atoms with van der Waals surface area (Å²) in [6, 6.07) is 0. The fourth-order valence-corrected chi connectivity index (χ4v) is 7.69. The number of allylic oxidation sites excluding steroid dienone is 11. The van der Waals surface area contributed by atoms with E-state index in [1.807, 2.05) is 0 Å². The maximum absolute atomic E-state index is 12.8. The van der Waals surface area contributed by atoms with E-state index in [-0.39, 0.29) is 25.2 Å². The van der Waals surface area contributed by atoms with Crippen molar-refractivity contribution in [2.24, 2.45) is 0 Å². The lowest BCUT2D eigenvalue weighted by Crippen LogP contribution is -2.30. The molecule has 0 aromatic heterocycles. The highest BCUT2D eigenvalue weighted by molar-refractivity contribution is 5.70. The molecule has 1 atom stereocenters. The van der Waals surface area contributed by atoms with Crippen LogP contribution in [0.3, 0.4) is 0 Å². The van der Waals surface area contributed by atoms with Crippen molar-refractivity contribution in [2.75, 3.05) is 19.8 Å². The quantitative estimate of drug-likeness (QED) is 0.0346. The zero-order valence-electron chi connectivity index (χ0n) is 42.5. The molecule has 1 unspecified atom stereocenters. The second-order valence-electron chi connectivity index (χ2n) is 18.1. The van der Waals surface area contributed by atoms with Gasteiger partial charge >= 0.3 is 11.9 Å². The minimum atomic E-state index is -0.580. The molecule has 0 saturated carbocycles. The fourth-order valence-electron chi connectivity index (χ4n) is 7.69. The lowest BCUT2D eigenvalue weighted by molar-refractivity contribution is -0.162. The second-order valence-corrected chi connectivity index (χ2v) is 18.1. The molecule has 64 heavy (non-hydrogen) atoms. The molecule has 5 heteroatoms. The summed E-state index contributed by atoms with van der Waals surface area (Å²) in [5, 5.41) is 0. The number of unbranched alkanes of at least 4 members (excludes halogenated alkanes) is 27. The van der Waals surface area contributed by atoms with Crippen LogP contribution in [0.2, 0.25) is 0 Å². The Morgan fingerprint density at radius 2 is 0.703 bits per heavy atom. The highest BCUT2D eigenvalue weighted by atomic mass is 16.6. The van der Waals surface area contributed by atoms with E-state index >= 15 is 0 Å². The molecule has 0 amide bonds. The summed E-state index contributed by atoms with van der Waals surface area (Å²) in [4.78, 5) is 25.4. The van der Waals surface area contributed by atoms with E-state index in [1.54, 1.807) is 0 Å². The van der Waals surface area contributed by atoms with E-state index in [0.29, 0.717) is 19.4 Å². The van der Waals surface area contributed by atoms with Gasteiger partial charge in [-0.1, -0.05) is 248 Å². The molecule has 0 aliphatic rings. The Balaban J connectivity index is 4.36. The fraction of sp³-hybridized carbons (Fsp3) is 0.763. The van der Waals surface area contributed by atoms with Gasteiger partial charge < -0.3 is 14.2 Å². The Morgan fingerprint density at radius 3 is 1.12 bits per heavy atom. The first kappa shape index (κ1) is 61.3. The minimum Gasteiger partial charge on any atom is -0.462 e. The van der Waals surface area contributed by atoms with Crippen molar-refractivity contribution < 1.29 is 23.8 Å². The largest absolute Gasteiger partial charge is 0.462 e. The molecule has 0 aromatic rings. The van der Waals surface area contributed by atoms with E-state index < -0.39 is 6.10 Å². The van der Waals surface area contributed by atoms with E-state index in [9.17, 15) is 9.59 Å². The third-order valence-electron chi connectivity index (χ3n) is 11.7. The third-order valence-corrected chi connectivity index (χ3v) is 11.7. The molecule has 0 saturated heterocycles. The Morgan fingerprint density at radius 1 is 0.359 bits per heavy atom. The lowest BCUT2D eigenvalue weighted by Gasteiger charge is -2.18. The summed E-state index contributed by atoms with van der Waals surface area (Å²) in [5.41, 5.74) is 0. The molecule has 0 bridgehead atoms. The molecule has 0 aliphatic heterocycles. The molecule has 0 N–H and O–H groups in total. The van der Waals surface area contributed by atoms with Gasteiger partial charge in [0.2, 0.25) is 0 Å². The summed E-state index contributed by atoms with van der Waals surface area (Å²) in [6.45, 7) is 7.52.